The Morgan fingerprint density at radius 2 is 1.36 bits per heavy atom. The number of carbonyl (C=O) groups is 1. The molecule has 0 radical (unpaired) electrons. The lowest BCUT2D eigenvalue weighted by Crippen LogP contribution is -2.00. The van der Waals surface area contributed by atoms with E-state index in [1.54, 1.807) is 24.3 Å². The molecule has 0 unspecified atom stereocenters. The number of nitrogens with one attached hydrogen (secondary N) is 1. The molecule has 6 rings (SSSR count). The number of carboxylic acids is 1. The van der Waals surface area contributed by atoms with Crippen LogP contribution in [0.4, 0.5) is 5.69 Å². The monoisotopic (exact) mass is 430 g/mol. The van der Waals surface area contributed by atoms with Gasteiger partial charge >= 0.3 is 5.97 Å². The molecule has 0 aliphatic rings. The Labute approximate surface area is 187 Å². The number of anilines is 1. The van der Waals surface area contributed by atoms with Crippen LogP contribution in [0.1, 0.15) is 10.4 Å². The first kappa shape index (κ1) is 19.1. The molecule has 1 heterocycles. The predicted octanol–water partition coefficient (Wildman–Crippen LogP) is 6.32. The van der Waals surface area contributed by atoms with Gasteiger partial charge in [-0.2, -0.15) is 0 Å². The number of aromatic carboxylic acids is 1. The van der Waals surface area contributed by atoms with Gasteiger partial charge in [0.2, 0.25) is 0 Å². The topological polar surface area (TPSA) is 100 Å². The third-order valence-electron chi connectivity index (χ3n) is 6.13. The highest BCUT2D eigenvalue weighted by molar-refractivity contribution is 6.20. The first-order valence-corrected chi connectivity index (χ1v) is 10.5. The summed E-state index contributed by atoms with van der Waals surface area (Å²) in [4.78, 5) is 12.1. The average molecular weight is 430 g/mol. The van der Waals surface area contributed by atoms with Crippen LogP contribution >= 0.6 is 0 Å². The molecule has 158 valence electrons. The van der Waals surface area contributed by atoms with E-state index in [9.17, 15) is 9.90 Å². The molecule has 0 amide bonds. The van der Waals surface area contributed by atoms with E-state index in [-0.39, 0.29) is 5.56 Å². The maximum absolute atomic E-state index is 12.1. The molecule has 0 saturated heterocycles. The third-order valence-corrected chi connectivity index (χ3v) is 6.13. The van der Waals surface area contributed by atoms with Crippen LogP contribution in [-0.2, 0) is 0 Å². The molecule has 5 nitrogen and oxygen atoms in total. The summed E-state index contributed by atoms with van der Waals surface area (Å²) < 4.78 is 6.57. The first-order valence-electron chi connectivity index (χ1n) is 10.5. The number of benzene rings is 5. The van der Waals surface area contributed by atoms with Gasteiger partial charge in [0.05, 0.1) is 10.9 Å². The van der Waals surface area contributed by atoms with Crippen molar-refractivity contribution in [1.29, 1.82) is 5.41 Å². The van der Waals surface area contributed by atoms with Crippen molar-refractivity contribution >= 4 is 55.1 Å². The Kier molecular flexibility index (Phi) is 4.01. The van der Waals surface area contributed by atoms with Gasteiger partial charge in [-0.1, -0.05) is 30.3 Å². The van der Waals surface area contributed by atoms with Crippen molar-refractivity contribution in [3.63, 3.8) is 0 Å². The van der Waals surface area contributed by atoms with Crippen molar-refractivity contribution in [3.8, 4) is 11.1 Å². The Morgan fingerprint density at radius 1 is 0.758 bits per heavy atom. The van der Waals surface area contributed by atoms with Crippen LogP contribution in [-0.4, -0.2) is 11.1 Å². The van der Waals surface area contributed by atoms with Crippen LogP contribution in [0.5, 0.6) is 0 Å². The van der Waals surface area contributed by atoms with Crippen molar-refractivity contribution in [3.05, 3.63) is 95.8 Å². The molecule has 0 aliphatic carbocycles. The lowest BCUT2D eigenvalue weighted by molar-refractivity contribution is 0.0697. The van der Waals surface area contributed by atoms with Gasteiger partial charge in [-0.15, -0.1) is 0 Å². The summed E-state index contributed by atoms with van der Waals surface area (Å²) in [5.41, 5.74) is 9.64. The van der Waals surface area contributed by atoms with E-state index < -0.39 is 5.97 Å². The molecule has 1 aromatic heterocycles. The van der Waals surface area contributed by atoms with Crippen molar-refractivity contribution in [1.82, 2.24) is 0 Å². The smallest absolute Gasteiger partial charge is 0.336 e. The molecular weight excluding hydrogens is 412 g/mol. The summed E-state index contributed by atoms with van der Waals surface area (Å²) in [6, 6.07) is 25.9. The lowest BCUT2D eigenvalue weighted by Gasteiger charge is -2.16. The van der Waals surface area contributed by atoms with Gasteiger partial charge < -0.3 is 20.7 Å². The van der Waals surface area contributed by atoms with Crippen LogP contribution < -0.4 is 11.1 Å². The van der Waals surface area contributed by atoms with Gasteiger partial charge in [0, 0.05) is 32.8 Å². The fourth-order valence-corrected chi connectivity index (χ4v) is 4.66. The molecule has 6 aromatic rings. The minimum absolute atomic E-state index is 0.227. The minimum Gasteiger partial charge on any atom is -0.478 e. The highest BCUT2D eigenvalue weighted by Gasteiger charge is 2.20. The average Bonchev–Trinajstić information content (AvgIpc) is 2.82. The maximum Gasteiger partial charge on any atom is 0.336 e. The lowest BCUT2D eigenvalue weighted by atomic mass is 9.91. The van der Waals surface area contributed by atoms with Crippen LogP contribution in [0.15, 0.2) is 89.3 Å². The standard InChI is InChI=1S/C28H18N2O3/c29-17-7-11-19-15(13-17)5-9-23-25(21-3-1-2-4-22(21)28(31)32)24-10-6-16-14-18(30)8-12-20(16)27(24)33-26(19)23/h1-14,29H,30H2,(H,31,32). The van der Waals surface area contributed by atoms with E-state index in [1.165, 1.54) is 0 Å². The van der Waals surface area contributed by atoms with Crippen molar-refractivity contribution < 1.29 is 14.3 Å². The summed E-state index contributed by atoms with van der Waals surface area (Å²) >= 11 is 0. The van der Waals surface area contributed by atoms with Crippen molar-refractivity contribution in [2.45, 2.75) is 0 Å². The zero-order chi connectivity index (χ0) is 22.7. The van der Waals surface area contributed by atoms with Crippen molar-refractivity contribution in [2.24, 2.45) is 0 Å². The molecule has 0 fully saturated rings. The number of nitrogens with two attached hydrogens (primary N) is 1. The fourth-order valence-electron chi connectivity index (χ4n) is 4.66. The second kappa shape index (κ2) is 6.93. The Morgan fingerprint density at radius 3 is 2.06 bits per heavy atom. The molecule has 5 aromatic carbocycles. The molecule has 0 bridgehead atoms. The predicted molar refractivity (Wildman–Crippen MR) is 131 cm³/mol. The Bertz CT molecular complexity index is 1830. The molecule has 0 atom stereocenters. The minimum atomic E-state index is -0.985. The molecule has 5 heteroatoms. The second-order valence-electron chi connectivity index (χ2n) is 8.13. The van der Waals surface area contributed by atoms with E-state index in [4.69, 9.17) is 15.6 Å². The highest BCUT2D eigenvalue weighted by Crippen LogP contribution is 2.42. The van der Waals surface area contributed by atoms with Gasteiger partial charge in [0.1, 0.15) is 11.2 Å². The highest BCUT2D eigenvalue weighted by atomic mass is 16.4. The van der Waals surface area contributed by atoms with Crippen molar-refractivity contribution in [2.75, 3.05) is 5.73 Å². The summed E-state index contributed by atoms with van der Waals surface area (Å²) in [5.74, 6) is -0.985. The van der Waals surface area contributed by atoms with Gasteiger partial charge in [-0.25, -0.2) is 4.79 Å². The second-order valence-corrected chi connectivity index (χ2v) is 8.13. The fraction of sp³-hybridized carbons (Fsp3) is 0. The molecule has 0 aliphatic heterocycles. The van der Waals surface area contributed by atoms with Crippen LogP contribution in [0.3, 0.4) is 0 Å². The van der Waals surface area contributed by atoms with Crippen LogP contribution in [0.2, 0.25) is 0 Å². The van der Waals surface area contributed by atoms with Gasteiger partial charge in [0.15, 0.2) is 0 Å². The maximum atomic E-state index is 12.1. The van der Waals surface area contributed by atoms with Gasteiger partial charge in [0.25, 0.3) is 0 Å². The SMILES string of the molecule is N=c1ccc2c(ccc3c(-c4ccccc4C(=O)O)c4ccc5cc(N)ccc5c4oc32)c1. The normalized spacial score (nSPS) is 11.5. The number of carboxylic acid groups (broad SMARTS) is 1. The summed E-state index contributed by atoms with van der Waals surface area (Å²) in [5, 5.41) is 23.6. The Hall–Kier alpha value is -4.64. The largest absolute Gasteiger partial charge is 0.478 e. The zero-order valence-corrected chi connectivity index (χ0v) is 17.4. The number of nitrogen functional groups attached to an aromatic ring is 1. The summed E-state index contributed by atoms with van der Waals surface area (Å²) in [6.45, 7) is 0. The zero-order valence-electron chi connectivity index (χ0n) is 17.4. The Balaban J connectivity index is 1.90. The number of rotatable bonds is 2. The first-order chi connectivity index (χ1) is 16.0. The molecule has 4 N–H and O–H groups in total. The van der Waals surface area contributed by atoms with E-state index in [2.05, 4.69) is 0 Å². The van der Waals surface area contributed by atoms with Crippen LogP contribution in [0, 0.1) is 5.41 Å². The third kappa shape index (κ3) is 2.87. The number of fused-ring (bicyclic) bond motifs is 6. The molecule has 33 heavy (non-hydrogen) atoms. The van der Waals surface area contributed by atoms with E-state index in [1.807, 2.05) is 60.7 Å². The summed E-state index contributed by atoms with van der Waals surface area (Å²) in [7, 11) is 0. The quantitative estimate of drug-likeness (QED) is 0.170. The number of hydrogen-bond donors (Lipinski definition) is 3. The van der Waals surface area contributed by atoms with Gasteiger partial charge in [-0.05, 0) is 70.9 Å². The van der Waals surface area contributed by atoms with E-state index in [0.29, 0.717) is 27.8 Å². The number of hydrogen-bond acceptors (Lipinski definition) is 4. The van der Waals surface area contributed by atoms with Crippen LogP contribution in [0.25, 0.3) is 54.6 Å². The van der Waals surface area contributed by atoms with E-state index in [0.717, 1.165) is 37.9 Å². The van der Waals surface area contributed by atoms with E-state index >= 15 is 0 Å². The molecular formula is C28H18N2O3. The molecule has 0 spiro atoms. The van der Waals surface area contributed by atoms with Gasteiger partial charge in [-0.3, -0.25) is 0 Å². The summed E-state index contributed by atoms with van der Waals surface area (Å²) in [6.07, 6.45) is 0. The molecule has 0 saturated carbocycles.